The van der Waals surface area contributed by atoms with Gasteiger partial charge >= 0.3 is 6.01 Å². The molecule has 92 valence electrons. The Morgan fingerprint density at radius 3 is 2.76 bits per heavy atom. The number of hydrogen-bond acceptors (Lipinski definition) is 6. The molecule has 7 nitrogen and oxygen atoms in total. The Morgan fingerprint density at radius 1 is 1.47 bits per heavy atom. The van der Waals surface area contributed by atoms with E-state index in [0.29, 0.717) is 17.9 Å². The third-order valence-electron chi connectivity index (χ3n) is 1.90. The fraction of sp³-hybridized carbons (Fsp3) is 0.375. The van der Waals surface area contributed by atoms with Crippen LogP contribution in [0.4, 0.5) is 0 Å². The fourth-order valence-corrected chi connectivity index (χ4v) is 1.86. The second-order valence-corrected chi connectivity index (χ2v) is 5.68. The normalized spacial score (nSPS) is 11.9. The molecule has 0 fully saturated rings. The predicted molar refractivity (Wildman–Crippen MR) is 59.7 cm³/mol. The summed E-state index contributed by atoms with van der Waals surface area (Å²) in [6, 6.07) is 1.77. The molecule has 2 rings (SSSR count). The van der Waals surface area contributed by atoms with E-state index in [1.807, 2.05) is 0 Å². The third kappa shape index (κ3) is 2.32. The molecule has 0 aliphatic carbocycles. The number of hydrogen-bond donors (Lipinski definition) is 0. The van der Waals surface area contributed by atoms with Gasteiger partial charge < -0.3 is 4.74 Å². The Balaban J connectivity index is 2.71. The lowest BCUT2D eigenvalue weighted by Crippen LogP contribution is -2.04. The van der Waals surface area contributed by atoms with Crippen LogP contribution >= 0.6 is 10.7 Å². The van der Waals surface area contributed by atoms with E-state index in [0.717, 1.165) is 0 Å². The zero-order chi connectivity index (χ0) is 12.6. The number of ether oxygens (including phenoxy) is 1. The van der Waals surface area contributed by atoms with Gasteiger partial charge in [-0.25, -0.2) is 13.4 Å². The lowest BCUT2D eigenvalue weighted by atomic mass is 10.4. The molecule has 0 amide bonds. The molecule has 0 saturated carbocycles. The minimum absolute atomic E-state index is 0.182. The van der Waals surface area contributed by atoms with Crippen molar-refractivity contribution in [1.82, 2.24) is 19.6 Å². The maximum absolute atomic E-state index is 11.1. The minimum Gasteiger partial charge on any atom is -0.464 e. The van der Waals surface area contributed by atoms with Crippen molar-refractivity contribution < 1.29 is 13.2 Å². The Labute approximate surface area is 102 Å². The predicted octanol–water partition coefficient (Wildman–Crippen LogP) is 0.759. The first-order valence-corrected chi connectivity index (χ1v) is 7.04. The average Bonchev–Trinajstić information content (AvgIpc) is 2.61. The van der Waals surface area contributed by atoms with Crippen molar-refractivity contribution in [2.24, 2.45) is 0 Å². The van der Waals surface area contributed by atoms with Crippen LogP contribution in [0.5, 0.6) is 6.01 Å². The second-order valence-electron chi connectivity index (χ2n) is 3.22. The maximum Gasteiger partial charge on any atom is 0.319 e. The Morgan fingerprint density at radius 2 is 2.18 bits per heavy atom. The number of nitrogens with zero attached hydrogens (tertiary/aromatic N) is 4. The van der Waals surface area contributed by atoms with Crippen molar-refractivity contribution in [3.8, 4) is 6.01 Å². The van der Waals surface area contributed by atoms with Crippen molar-refractivity contribution in [3.05, 3.63) is 11.8 Å². The molecule has 0 aliphatic heterocycles. The van der Waals surface area contributed by atoms with Crippen LogP contribution in [-0.2, 0) is 9.05 Å². The summed E-state index contributed by atoms with van der Waals surface area (Å²) in [6.45, 7) is 3.91. The van der Waals surface area contributed by atoms with Crippen LogP contribution in [-0.4, -0.2) is 34.6 Å². The molecule has 2 heterocycles. The largest absolute Gasteiger partial charge is 0.464 e. The molecular formula is C8H9ClN4O3S. The Bertz CT molecular complexity index is 667. The molecular weight excluding hydrogens is 268 g/mol. The Hall–Kier alpha value is -1.41. The summed E-state index contributed by atoms with van der Waals surface area (Å²) in [7, 11) is 1.21. The van der Waals surface area contributed by atoms with E-state index in [-0.39, 0.29) is 6.01 Å². The van der Waals surface area contributed by atoms with Crippen molar-refractivity contribution >= 4 is 25.4 Å². The van der Waals surface area contributed by atoms with Gasteiger partial charge in [-0.1, -0.05) is 0 Å². The second kappa shape index (κ2) is 4.11. The van der Waals surface area contributed by atoms with Gasteiger partial charge in [-0.3, -0.25) is 0 Å². The SMILES string of the molecule is CCOc1nc(C)cc2nc(S(=O)(=O)Cl)nn12. The van der Waals surface area contributed by atoms with Gasteiger partial charge in [0, 0.05) is 22.4 Å². The zero-order valence-corrected chi connectivity index (χ0v) is 10.7. The van der Waals surface area contributed by atoms with Crippen LogP contribution in [0.25, 0.3) is 5.65 Å². The highest BCUT2D eigenvalue weighted by atomic mass is 35.7. The summed E-state index contributed by atoms with van der Waals surface area (Å²) in [6.07, 6.45) is 0. The summed E-state index contributed by atoms with van der Waals surface area (Å²) in [5.74, 6) is 0. The first-order valence-electron chi connectivity index (χ1n) is 4.73. The highest BCUT2D eigenvalue weighted by Crippen LogP contribution is 2.16. The lowest BCUT2D eigenvalue weighted by Gasteiger charge is -2.03. The summed E-state index contributed by atoms with van der Waals surface area (Å²) >= 11 is 0. The van der Waals surface area contributed by atoms with E-state index in [1.54, 1.807) is 19.9 Å². The molecule has 0 aliphatic rings. The van der Waals surface area contributed by atoms with Crippen molar-refractivity contribution in [1.29, 1.82) is 0 Å². The summed E-state index contributed by atoms with van der Waals surface area (Å²) in [5, 5.41) is 3.28. The Kier molecular flexibility index (Phi) is 2.92. The van der Waals surface area contributed by atoms with Crippen LogP contribution in [0, 0.1) is 6.92 Å². The topological polar surface area (TPSA) is 86.5 Å². The van der Waals surface area contributed by atoms with Crippen LogP contribution in [0.1, 0.15) is 12.6 Å². The molecule has 2 aromatic rings. The zero-order valence-electron chi connectivity index (χ0n) is 9.08. The van der Waals surface area contributed by atoms with Gasteiger partial charge in [-0.05, 0) is 13.8 Å². The average molecular weight is 277 g/mol. The fourth-order valence-electron chi connectivity index (χ4n) is 1.28. The summed E-state index contributed by atoms with van der Waals surface area (Å²) < 4.78 is 28.7. The van der Waals surface area contributed by atoms with E-state index in [9.17, 15) is 8.42 Å². The number of rotatable bonds is 3. The highest BCUT2D eigenvalue weighted by molar-refractivity contribution is 8.13. The molecule has 0 bridgehead atoms. The van der Waals surface area contributed by atoms with E-state index < -0.39 is 14.2 Å². The quantitative estimate of drug-likeness (QED) is 0.769. The molecule has 2 aromatic heterocycles. The van der Waals surface area contributed by atoms with Crippen molar-refractivity contribution in [2.45, 2.75) is 19.0 Å². The van der Waals surface area contributed by atoms with Gasteiger partial charge in [0.1, 0.15) is 0 Å². The number of halogens is 1. The standard InChI is InChI=1S/C8H9ClN4O3S/c1-3-16-8-10-5(2)4-6-11-7(12-13(6)8)17(9,14)15/h4H,3H2,1-2H3. The maximum atomic E-state index is 11.1. The highest BCUT2D eigenvalue weighted by Gasteiger charge is 2.19. The van der Waals surface area contributed by atoms with Gasteiger partial charge in [0.05, 0.1) is 6.61 Å². The smallest absolute Gasteiger partial charge is 0.319 e. The van der Waals surface area contributed by atoms with Gasteiger partial charge in [-0.15, -0.1) is 5.10 Å². The molecule has 17 heavy (non-hydrogen) atoms. The van der Waals surface area contributed by atoms with E-state index in [1.165, 1.54) is 4.52 Å². The van der Waals surface area contributed by atoms with E-state index >= 15 is 0 Å². The van der Waals surface area contributed by atoms with Gasteiger partial charge in [-0.2, -0.15) is 9.50 Å². The molecule has 0 saturated heterocycles. The van der Waals surface area contributed by atoms with Gasteiger partial charge in [0.15, 0.2) is 5.65 Å². The summed E-state index contributed by atoms with van der Waals surface area (Å²) in [4.78, 5) is 7.89. The molecule has 0 atom stereocenters. The number of aryl methyl sites for hydroxylation is 1. The van der Waals surface area contributed by atoms with Crippen molar-refractivity contribution in [3.63, 3.8) is 0 Å². The molecule has 0 aromatic carbocycles. The first kappa shape index (κ1) is 12.1. The van der Waals surface area contributed by atoms with Crippen LogP contribution in [0.2, 0.25) is 0 Å². The minimum atomic E-state index is -3.96. The van der Waals surface area contributed by atoms with E-state index in [2.05, 4.69) is 15.1 Å². The van der Waals surface area contributed by atoms with Crippen LogP contribution < -0.4 is 4.74 Å². The monoisotopic (exact) mass is 276 g/mol. The van der Waals surface area contributed by atoms with E-state index in [4.69, 9.17) is 15.4 Å². The number of aromatic nitrogens is 4. The third-order valence-corrected chi connectivity index (χ3v) is 2.92. The van der Waals surface area contributed by atoms with Crippen LogP contribution in [0.3, 0.4) is 0 Å². The van der Waals surface area contributed by atoms with Crippen LogP contribution in [0.15, 0.2) is 11.2 Å². The molecule has 0 unspecified atom stereocenters. The van der Waals surface area contributed by atoms with Gasteiger partial charge in [0.2, 0.25) is 0 Å². The molecule has 0 spiro atoms. The van der Waals surface area contributed by atoms with Gasteiger partial charge in [0.25, 0.3) is 14.2 Å². The van der Waals surface area contributed by atoms with Crippen molar-refractivity contribution in [2.75, 3.05) is 6.61 Å². The summed E-state index contributed by atoms with van der Waals surface area (Å²) in [5.41, 5.74) is 0.965. The number of fused-ring (bicyclic) bond motifs is 1. The molecule has 0 radical (unpaired) electrons. The molecule has 9 heteroatoms. The lowest BCUT2D eigenvalue weighted by molar-refractivity contribution is 0.302. The first-order chi connectivity index (χ1) is 7.91. The molecule has 0 N–H and O–H groups in total.